The largest absolute Gasteiger partial charge is 0.390 e. The zero-order chi connectivity index (χ0) is 6.78. The summed E-state index contributed by atoms with van der Waals surface area (Å²) in [5, 5.41) is -0.0718. The number of hydrogen-bond donors (Lipinski definition) is 1. The van der Waals surface area contributed by atoms with Crippen molar-refractivity contribution in [2.24, 2.45) is 5.73 Å². The fraction of sp³-hybridized carbons (Fsp3) is 0.500. The molecule has 0 aliphatic rings. The van der Waals surface area contributed by atoms with Crippen molar-refractivity contribution in [2.45, 2.75) is 6.92 Å². The van der Waals surface area contributed by atoms with Crippen molar-refractivity contribution in [3.63, 3.8) is 0 Å². The lowest BCUT2D eigenvalue weighted by Crippen LogP contribution is -2.08. The molecule has 0 aromatic rings. The number of rotatable bonds is 1. The summed E-state index contributed by atoms with van der Waals surface area (Å²) in [5.74, 6) is 0. The Morgan fingerprint density at radius 1 is 1.62 bits per heavy atom. The minimum absolute atomic E-state index is 0.0718. The standard InChI is InChI=1S/C4H9NO2S/c1-3-4(5)8(2,6)7/h3H,5H2,1-2H3/b4-3-. The lowest BCUT2D eigenvalue weighted by Gasteiger charge is -1.91. The summed E-state index contributed by atoms with van der Waals surface area (Å²) in [7, 11) is -3.11. The van der Waals surface area contributed by atoms with Gasteiger partial charge < -0.3 is 5.73 Å². The zero-order valence-electron chi connectivity index (χ0n) is 4.88. The van der Waals surface area contributed by atoms with E-state index in [1.165, 1.54) is 6.08 Å². The van der Waals surface area contributed by atoms with Crippen LogP contribution in [0.25, 0.3) is 0 Å². The van der Waals surface area contributed by atoms with Crippen molar-refractivity contribution >= 4 is 9.84 Å². The minimum Gasteiger partial charge on any atom is -0.390 e. The lowest BCUT2D eigenvalue weighted by atomic mass is 10.7. The first kappa shape index (κ1) is 7.49. The fourth-order valence-electron chi connectivity index (χ4n) is 0.214. The Balaban J connectivity index is 4.55. The van der Waals surface area contributed by atoms with Crippen LogP contribution in [0.5, 0.6) is 0 Å². The van der Waals surface area contributed by atoms with E-state index < -0.39 is 9.84 Å². The summed E-state index contributed by atoms with van der Waals surface area (Å²) >= 11 is 0. The maximum atomic E-state index is 10.4. The summed E-state index contributed by atoms with van der Waals surface area (Å²) < 4.78 is 20.7. The third-order valence-electron chi connectivity index (χ3n) is 0.713. The molecule has 8 heavy (non-hydrogen) atoms. The molecule has 0 aliphatic carbocycles. The van der Waals surface area contributed by atoms with Gasteiger partial charge in [-0.3, -0.25) is 0 Å². The summed E-state index contributed by atoms with van der Waals surface area (Å²) in [6.45, 7) is 1.58. The van der Waals surface area contributed by atoms with Gasteiger partial charge in [-0.1, -0.05) is 6.08 Å². The molecule has 0 aromatic carbocycles. The smallest absolute Gasteiger partial charge is 0.189 e. The van der Waals surface area contributed by atoms with Crippen molar-refractivity contribution in [3.05, 3.63) is 11.1 Å². The van der Waals surface area contributed by atoms with Crippen LogP contribution >= 0.6 is 0 Å². The molecule has 0 unspecified atom stereocenters. The van der Waals surface area contributed by atoms with E-state index in [1.807, 2.05) is 0 Å². The molecule has 2 N–H and O–H groups in total. The molecular weight excluding hydrogens is 126 g/mol. The van der Waals surface area contributed by atoms with Crippen molar-refractivity contribution in [3.8, 4) is 0 Å². The number of hydrogen-bond acceptors (Lipinski definition) is 3. The Labute approximate surface area is 49.1 Å². The van der Waals surface area contributed by atoms with Crippen molar-refractivity contribution in [2.75, 3.05) is 6.26 Å². The van der Waals surface area contributed by atoms with Gasteiger partial charge in [-0.25, -0.2) is 8.42 Å². The first-order chi connectivity index (χ1) is 3.48. The van der Waals surface area contributed by atoms with Gasteiger partial charge in [0.15, 0.2) is 9.84 Å². The van der Waals surface area contributed by atoms with Crippen LogP contribution < -0.4 is 5.73 Å². The van der Waals surface area contributed by atoms with E-state index in [0.29, 0.717) is 0 Å². The van der Waals surface area contributed by atoms with E-state index in [4.69, 9.17) is 5.73 Å². The Bertz CT molecular complexity index is 190. The van der Waals surface area contributed by atoms with Crippen molar-refractivity contribution in [1.82, 2.24) is 0 Å². The molecule has 0 spiro atoms. The number of nitrogens with two attached hydrogens (primary N) is 1. The van der Waals surface area contributed by atoms with Gasteiger partial charge in [0, 0.05) is 6.26 Å². The molecule has 0 rings (SSSR count). The van der Waals surface area contributed by atoms with E-state index in [1.54, 1.807) is 6.92 Å². The molecule has 0 saturated carbocycles. The van der Waals surface area contributed by atoms with Gasteiger partial charge in [-0.05, 0) is 6.92 Å². The third kappa shape index (κ3) is 1.97. The van der Waals surface area contributed by atoms with E-state index in [0.717, 1.165) is 6.26 Å². The van der Waals surface area contributed by atoms with E-state index in [-0.39, 0.29) is 5.03 Å². The predicted molar refractivity (Wildman–Crippen MR) is 32.8 cm³/mol. The van der Waals surface area contributed by atoms with Crippen LogP contribution in [0, 0.1) is 0 Å². The summed E-state index contributed by atoms with van der Waals surface area (Å²) in [4.78, 5) is 0. The Kier molecular flexibility index (Phi) is 2.03. The Hall–Kier alpha value is -0.510. The zero-order valence-corrected chi connectivity index (χ0v) is 5.70. The molecule has 0 saturated heterocycles. The normalized spacial score (nSPS) is 14.0. The fourth-order valence-corrected chi connectivity index (χ4v) is 0.642. The van der Waals surface area contributed by atoms with Crippen molar-refractivity contribution < 1.29 is 8.42 Å². The van der Waals surface area contributed by atoms with Crippen LogP contribution in [-0.4, -0.2) is 14.7 Å². The highest BCUT2D eigenvalue weighted by Crippen LogP contribution is 1.92. The SMILES string of the molecule is C/C=C(/N)S(C)(=O)=O. The van der Waals surface area contributed by atoms with Crippen molar-refractivity contribution in [1.29, 1.82) is 0 Å². The molecule has 0 fully saturated rings. The highest BCUT2D eigenvalue weighted by atomic mass is 32.2. The molecule has 4 heteroatoms. The first-order valence-electron chi connectivity index (χ1n) is 2.10. The molecule has 0 heterocycles. The molecule has 0 aromatic heterocycles. The first-order valence-corrected chi connectivity index (χ1v) is 3.99. The minimum atomic E-state index is -3.11. The molecule has 0 bridgehead atoms. The number of sulfone groups is 1. The van der Waals surface area contributed by atoms with E-state index in [2.05, 4.69) is 0 Å². The second-order valence-corrected chi connectivity index (χ2v) is 3.48. The van der Waals surface area contributed by atoms with E-state index in [9.17, 15) is 8.42 Å². The van der Waals surface area contributed by atoms with Gasteiger partial charge in [-0.15, -0.1) is 0 Å². The maximum absolute atomic E-state index is 10.4. The molecule has 0 atom stereocenters. The second kappa shape index (κ2) is 2.17. The quantitative estimate of drug-likeness (QED) is 0.544. The van der Waals surface area contributed by atoms with Gasteiger partial charge in [0.2, 0.25) is 0 Å². The molecule has 0 aliphatic heterocycles. The topological polar surface area (TPSA) is 60.2 Å². The average Bonchev–Trinajstić information content (AvgIpc) is 1.62. The molecule has 0 amide bonds. The van der Waals surface area contributed by atoms with Gasteiger partial charge >= 0.3 is 0 Å². The summed E-state index contributed by atoms with van der Waals surface area (Å²) in [6, 6.07) is 0. The third-order valence-corrected chi connectivity index (χ3v) is 1.80. The van der Waals surface area contributed by atoms with Gasteiger partial charge in [0.05, 0.1) is 0 Å². The highest BCUT2D eigenvalue weighted by molar-refractivity contribution is 7.94. The predicted octanol–water partition coefficient (Wildman–Crippen LogP) is -0.149. The summed E-state index contributed by atoms with van der Waals surface area (Å²) in [6.07, 6.45) is 2.43. The van der Waals surface area contributed by atoms with Crippen LogP contribution in [0.2, 0.25) is 0 Å². The lowest BCUT2D eigenvalue weighted by molar-refractivity contribution is 0.607. The van der Waals surface area contributed by atoms with Crippen LogP contribution in [0.1, 0.15) is 6.92 Å². The Morgan fingerprint density at radius 2 is 2.00 bits per heavy atom. The molecule has 48 valence electrons. The highest BCUT2D eigenvalue weighted by Gasteiger charge is 2.01. The second-order valence-electron chi connectivity index (χ2n) is 1.46. The van der Waals surface area contributed by atoms with Crippen LogP contribution in [-0.2, 0) is 9.84 Å². The molecular formula is C4H9NO2S. The van der Waals surface area contributed by atoms with Crippen LogP contribution in [0.15, 0.2) is 11.1 Å². The van der Waals surface area contributed by atoms with Crippen LogP contribution in [0.3, 0.4) is 0 Å². The average molecular weight is 135 g/mol. The van der Waals surface area contributed by atoms with E-state index >= 15 is 0 Å². The van der Waals surface area contributed by atoms with Gasteiger partial charge in [0.1, 0.15) is 5.03 Å². The maximum Gasteiger partial charge on any atom is 0.189 e. The Morgan fingerprint density at radius 3 is 2.00 bits per heavy atom. The monoisotopic (exact) mass is 135 g/mol. The van der Waals surface area contributed by atoms with Gasteiger partial charge in [-0.2, -0.15) is 0 Å². The molecule has 0 radical (unpaired) electrons. The van der Waals surface area contributed by atoms with Crippen LogP contribution in [0.4, 0.5) is 0 Å². The molecule has 3 nitrogen and oxygen atoms in total. The summed E-state index contributed by atoms with van der Waals surface area (Å²) in [5.41, 5.74) is 5.02. The van der Waals surface area contributed by atoms with Gasteiger partial charge in [0.25, 0.3) is 0 Å². The number of allylic oxidation sites excluding steroid dienone is 1.